The van der Waals surface area contributed by atoms with Crippen molar-refractivity contribution in [2.75, 3.05) is 5.75 Å². The average Bonchev–Trinajstić information content (AvgIpc) is 2.89. The number of aryl methyl sites for hydroxylation is 2. The maximum atomic E-state index is 13.0. The summed E-state index contributed by atoms with van der Waals surface area (Å²) >= 11 is 2.92. The zero-order chi connectivity index (χ0) is 19.7. The number of rotatable bonds is 5. The number of nitrogens with one attached hydrogen (secondary N) is 1. The van der Waals surface area contributed by atoms with Crippen LogP contribution in [0.4, 0.5) is 0 Å². The Labute approximate surface area is 169 Å². The van der Waals surface area contributed by atoms with Gasteiger partial charge in [0.1, 0.15) is 4.83 Å². The SMILES string of the molecule is Cc1sc2nc(SCC(=O)NC3CCC(C)CC3)n(C(C)C)c(=O)c2c1C. The van der Waals surface area contributed by atoms with E-state index in [0.29, 0.717) is 17.0 Å². The van der Waals surface area contributed by atoms with Crippen LogP contribution in [0.2, 0.25) is 0 Å². The van der Waals surface area contributed by atoms with Crippen LogP contribution in [0.25, 0.3) is 10.2 Å². The molecule has 1 aliphatic carbocycles. The molecule has 1 amide bonds. The van der Waals surface area contributed by atoms with Crippen LogP contribution in [-0.4, -0.2) is 27.3 Å². The van der Waals surface area contributed by atoms with E-state index in [1.165, 1.54) is 24.6 Å². The third-order valence-corrected chi connectivity index (χ3v) is 7.49. The summed E-state index contributed by atoms with van der Waals surface area (Å²) in [6.45, 7) is 10.2. The van der Waals surface area contributed by atoms with Crippen LogP contribution in [0.3, 0.4) is 0 Å². The summed E-state index contributed by atoms with van der Waals surface area (Å²) in [6, 6.07) is 0.291. The summed E-state index contributed by atoms with van der Waals surface area (Å²) < 4.78 is 1.72. The molecule has 5 nitrogen and oxygen atoms in total. The predicted octanol–water partition coefficient (Wildman–Crippen LogP) is 4.44. The first-order chi connectivity index (χ1) is 12.8. The van der Waals surface area contributed by atoms with Gasteiger partial charge in [-0.2, -0.15) is 0 Å². The first-order valence-corrected chi connectivity index (χ1v) is 11.5. The maximum Gasteiger partial charge on any atom is 0.263 e. The smallest absolute Gasteiger partial charge is 0.263 e. The molecule has 1 fully saturated rings. The van der Waals surface area contributed by atoms with Crippen LogP contribution in [0.15, 0.2) is 9.95 Å². The monoisotopic (exact) mass is 407 g/mol. The normalized spacial score (nSPS) is 20.4. The third kappa shape index (κ3) is 4.40. The van der Waals surface area contributed by atoms with Crippen LogP contribution in [-0.2, 0) is 4.79 Å². The van der Waals surface area contributed by atoms with Crippen LogP contribution >= 0.6 is 23.1 Å². The molecule has 3 rings (SSSR count). The average molecular weight is 408 g/mol. The minimum atomic E-state index is -0.000556. The van der Waals surface area contributed by atoms with Gasteiger partial charge in [0, 0.05) is 17.0 Å². The number of thioether (sulfide) groups is 1. The van der Waals surface area contributed by atoms with Gasteiger partial charge in [0.15, 0.2) is 5.16 Å². The molecule has 1 saturated carbocycles. The molecule has 148 valence electrons. The second-order valence-corrected chi connectivity index (χ2v) is 10.1. The van der Waals surface area contributed by atoms with Gasteiger partial charge in [-0.3, -0.25) is 14.2 Å². The number of thiophene rings is 1. The molecule has 2 aromatic rings. The zero-order valence-electron chi connectivity index (χ0n) is 16.8. The Morgan fingerprint density at radius 1 is 1.30 bits per heavy atom. The standard InChI is InChI=1S/C20H29N3O2S2/c1-11(2)23-19(25)17-13(4)14(5)27-18(17)22-20(23)26-10-16(24)21-15-8-6-12(3)7-9-15/h11-12,15H,6-10H2,1-5H3,(H,21,24). The van der Waals surface area contributed by atoms with Crippen LogP contribution in [0.1, 0.15) is 62.9 Å². The van der Waals surface area contributed by atoms with Crippen LogP contribution in [0, 0.1) is 19.8 Å². The largest absolute Gasteiger partial charge is 0.353 e. The van der Waals surface area contributed by atoms with E-state index in [-0.39, 0.29) is 17.5 Å². The highest BCUT2D eigenvalue weighted by Gasteiger charge is 2.22. The number of hydrogen-bond donors (Lipinski definition) is 1. The highest BCUT2D eigenvalue weighted by Crippen LogP contribution is 2.29. The number of hydrogen-bond acceptors (Lipinski definition) is 5. The van der Waals surface area contributed by atoms with Crippen molar-refractivity contribution < 1.29 is 4.79 Å². The lowest BCUT2D eigenvalue weighted by Crippen LogP contribution is -2.38. The Hall–Kier alpha value is -1.34. The quantitative estimate of drug-likeness (QED) is 0.588. The summed E-state index contributed by atoms with van der Waals surface area (Å²) in [6.07, 6.45) is 4.49. The molecule has 0 unspecified atom stereocenters. The lowest BCUT2D eigenvalue weighted by Gasteiger charge is -2.26. The van der Waals surface area contributed by atoms with Gasteiger partial charge in [-0.05, 0) is 64.9 Å². The molecular formula is C20H29N3O2S2. The van der Waals surface area contributed by atoms with E-state index >= 15 is 0 Å². The van der Waals surface area contributed by atoms with Gasteiger partial charge in [0.25, 0.3) is 5.56 Å². The summed E-state index contributed by atoms with van der Waals surface area (Å²) in [7, 11) is 0. The fourth-order valence-electron chi connectivity index (χ4n) is 3.65. The van der Waals surface area contributed by atoms with E-state index in [9.17, 15) is 9.59 Å². The molecule has 0 spiro atoms. The molecular weight excluding hydrogens is 378 g/mol. The Balaban J connectivity index is 1.77. The fourth-order valence-corrected chi connectivity index (χ4v) is 5.66. The topological polar surface area (TPSA) is 64.0 Å². The maximum absolute atomic E-state index is 13.0. The second kappa shape index (κ2) is 8.35. The van der Waals surface area contributed by atoms with Gasteiger partial charge < -0.3 is 5.32 Å². The van der Waals surface area contributed by atoms with Gasteiger partial charge in [0.05, 0.1) is 11.1 Å². The molecule has 0 saturated heterocycles. The molecule has 7 heteroatoms. The Kier molecular flexibility index (Phi) is 6.31. The van der Waals surface area contributed by atoms with Crippen molar-refractivity contribution in [2.24, 2.45) is 5.92 Å². The summed E-state index contributed by atoms with van der Waals surface area (Å²) in [4.78, 5) is 32.1. The summed E-state index contributed by atoms with van der Waals surface area (Å²) in [5, 5.41) is 4.51. The molecule has 0 aromatic carbocycles. The molecule has 0 aliphatic heterocycles. The molecule has 0 radical (unpaired) electrons. The van der Waals surface area contributed by atoms with E-state index in [4.69, 9.17) is 4.98 Å². The molecule has 2 heterocycles. The minimum absolute atomic E-state index is 0.000556. The van der Waals surface area contributed by atoms with Crippen molar-refractivity contribution in [3.63, 3.8) is 0 Å². The van der Waals surface area contributed by atoms with E-state index in [2.05, 4.69) is 12.2 Å². The summed E-state index contributed by atoms with van der Waals surface area (Å²) in [5.41, 5.74) is 1.02. The lowest BCUT2D eigenvalue weighted by molar-refractivity contribution is -0.119. The predicted molar refractivity (Wildman–Crippen MR) is 114 cm³/mol. The zero-order valence-corrected chi connectivity index (χ0v) is 18.4. The molecule has 27 heavy (non-hydrogen) atoms. The van der Waals surface area contributed by atoms with Crippen molar-refractivity contribution in [1.29, 1.82) is 0 Å². The number of nitrogens with zero attached hydrogens (tertiary/aromatic N) is 2. The van der Waals surface area contributed by atoms with Crippen molar-refractivity contribution in [1.82, 2.24) is 14.9 Å². The lowest BCUT2D eigenvalue weighted by atomic mass is 9.87. The number of carbonyl (C=O) groups is 1. The van der Waals surface area contributed by atoms with E-state index < -0.39 is 0 Å². The molecule has 0 atom stereocenters. The van der Waals surface area contributed by atoms with Crippen molar-refractivity contribution in [3.05, 3.63) is 20.8 Å². The van der Waals surface area contributed by atoms with E-state index in [0.717, 1.165) is 39.4 Å². The molecule has 1 N–H and O–H groups in total. The first kappa shape index (κ1) is 20.4. The summed E-state index contributed by atoms with van der Waals surface area (Å²) in [5.74, 6) is 1.09. The van der Waals surface area contributed by atoms with Gasteiger partial charge >= 0.3 is 0 Å². The Morgan fingerprint density at radius 2 is 1.96 bits per heavy atom. The number of amides is 1. The molecule has 2 aromatic heterocycles. The van der Waals surface area contributed by atoms with Gasteiger partial charge in [-0.1, -0.05) is 18.7 Å². The molecule has 0 bridgehead atoms. The second-order valence-electron chi connectivity index (χ2n) is 7.94. The van der Waals surface area contributed by atoms with Crippen molar-refractivity contribution in [3.8, 4) is 0 Å². The third-order valence-electron chi connectivity index (χ3n) is 5.43. The molecule has 1 aliphatic rings. The van der Waals surface area contributed by atoms with Crippen molar-refractivity contribution >= 4 is 39.2 Å². The van der Waals surface area contributed by atoms with Gasteiger partial charge in [-0.25, -0.2) is 4.98 Å². The Morgan fingerprint density at radius 3 is 2.59 bits per heavy atom. The van der Waals surface area contributed by atoms with E-state index in [1.807, 2.05) is 27.7 Å². The highest BCUT2D eigenvalue weighted by atomic mass is 32.2. The highest BCUT2D eigenvalue weighted by molar-refractivity contribution is 7.99. The minimum Gasteiger partial charge on any atom is -0.353 e. The van der Waals surface area contributed by atoms with Crippen LogP contribution in [0.5, 0.6) is 0 Å². The van der Waals surface area contributed by atoms with Crippen LogP contribution < -0.4 is 10.9 Å². The van der Waals surface area contributed by atoms with E-state index in [1.54, 1.807) is 15.9 Å². The number of fused-ring (bicyclic) bond motifs is 1. The Bertz CT molecular complexity index is 893. The number of carbonyl (C=O) groups excluding carboxylic acids is 1. The first-order valence-electron chi connectivity index (χ1n) is 9.72. The van der Waals surface area contributed by atoms with Gasteiger partial charge in [0.2, 0.25) is 5.91 Å². The number of aromatic nitrogens is 2. The van der Waals surface area contributed by atoms with Gasteiger partial charge in [-0.15, -0.1) is 11.3 Å². The fraction of sp³-hybridized carbons (Fsp3) is 0.650. The van der Waals surface area contributed by atoms with Crippen molar-refractivity contribution in [2.45, 2.75) is 77.5 Å².